The molecule has 0 radical (unpaired) electrons. The highest BCUT2D eigenvalue weighted by atomic mass is 16.1. The third kappa shape index (κ3) is 4.07. The second-order valence-corrected chi connectivity index (χ2v) is 6.57. The number of benzene rings is 1. The van der Waals surface area contributed by atoms with Crippen LogP contribution in [0.25, 0.3) is 0 Å². The fraction of sp³-hybridized carbons (Fsp3) is 0.588. The maximum atomic E-state index is 12.3. The Hall–Kier alpha value is -1.35. The average molecular weight is 274 g/mol. The molecule has 0 aliphatic carbocycles. The molecule has 2 unspecified atom stereocenters. The number of hydrogen-bond donors (Lipinski definition) is 2. The molecule has 3 heteroatoms. The third-order valence-corrected chi connectivity index (χ3v) is 4.15. The van der Waals surface area contributed by atoms with Crippen LogP contribution in [0, 0.1) is 0 Å². The molecule has 2 atom stereocenters. The molecule has 1 aliphatic heterocycles. The van der Waals surface area contributed by atoms with Gasteiger partial charge in [-0.15, -0.1) is 0 Å². The van der Waals surface area contributed by atoms with Gasteiger partial charge in [-0.05, 0) is 37.3 Å². The summed E-state index contributed by atoms with van der Waals surface area (Å²) in [5, 5.41) is 6.60. The van der Waals surface area contributed by atoms with Crippen molar-refractivity contribution in [3.8, 4) is 0 Å². The zero-order chi connectivity index (χ0) is 14.6. The van der Waals surface area contributed by atoms with Crippen molar-refractivity contribution in [2.45, 2.75) is 57.5 Å². The van der Waals surface area contributed by atoms with Gasteiger partial charge in [0.25, 0.3) is 0 Å². The number of amides is 1. The molecule has 1 heterocycles. The predicted molar refractivity (Wildman–Crippen MR) is 82.7 cm³/mol. The summed E-state index contributed by atoms with van der Waals surface area (Å²) >= 11 is 0. The lowest BCUT2D eigenvalue weighted by Gasteiger charge is -2.30. The van der Waals surface area contributed by atoms with Crippen molar-refractivity contribution < 1.29 is 4.79 Å². The summed E-state index contributed by atoms with van der Waals surface area (Å²) in [6.45, 7) is 7.43. The van der Waals surface area contributed by atoms with E-state index in [0.29, 0.717) is 18.5 Å². The van der Waals surface area contributed by atoms with Crippen LogP contribution in [-0.4, -0.2) is 24.5 Å². The number of hydrogen-bond acceptors (Lipinski definition) is 2. The molecule has 3 nitrogen and oxygen atoms in total. The van der Waals surface area contributed by atoms with E-state index in [1.54, 1.807) is 0 Å². The minimum atomic E-state index is -0.121. The van der Waals surface area contributed by atoms with E-state index in [-0.39, 0.29) is 11.3 Å². The van der Waals surface area contributed by atoms with Crippen LogP contribution in [0.5, 0.6) is 0 Å². The normalized spacial score (nSPS) is 23.4. The molecule has 1 aromatic carbocycles. The van der Waals surface area contributed by atoms with Crippen molar-refractivity contribution in [3.05, 3.63) is 35.9 Å². The van der Waals surface area contributed by atoms with Gasteiger partial charge in [-0.25, -0.2) is 0 Å². The van der Waals surface area contributed by atoms with E-state index < -0.39 is 0 Å². The second kappa shape index (κ2) is 6.40. The topological polar surface area (TPSA) is 41.1 Å². The summed E-state index contributed by atoms with van der Waals surface area (Å²) in [6.07, 6.45) is 2.59. The summed E-state index contributed by atoms with van der Waals surface area (Å²) in [6, 6.07) is 11.1. The van der Waals surface area contributed by atoms with Crippen LogP contribution < -0.4 is 10.6 Å². The summed E-state index contributed by atoms with van der Waals surface area (Å²) in [5.41, 5.74) is 1.10. The van der Waals surface area contributed by atoms with E-state index in [0.717, 1.165) is 19.4 Å². The minimum absolute atomic E-state index is 0.121. The molecule has 0 bridgehead atoms. The second-order valence-electron chi connectivity index (χ2n) is 6.57. The van der Waals surface area contributed by atoms with Crippen molar-refractivity contribution in [2.75, 3.05) is 6.54 Å². The molecule has 1 aliphatic rings. The summed E-state index contributed by atoms with van der Waals surface area (Å²) in [5.74, 6) is 0.165. The zero-order valence-electron chi connectivity index (χ0n) is 12.8. The van der Waals surface area contributed by atoms with Crippen molar-refractivity contribution in [1.82, 2.24) is 10.6 Å². The van der Waals surface area contributed by atoms with Crippen LogP contribution >= 0.6 is 0 Å². The monoisotopic (exact) mass is 274 g/mol. The Kier molecular flexibility index (Phi) is 4.81. The smallest absolute Gasteiger partial charge is 0.221 e. The lowest BCUT2D eigenvalue weighted by molar-refractivity contribution is -0.123. The Morgan fingerprint density at radius 2 is 2.05 bits per heavy atom. The van der Waals surface area contributed by atoms with E-state index in [1.165, 1.54) is 5.56 Å². The van der Waals surface area contributed by atoms with Gasteiger partial charge in [-0.2, -0.15) is 0 Å². The van der Waals surface area contributed by atoms with Gasteiger partial charge in [-0.3, -0.25) is 4.79 Å². The van der Waals surface area contributed by atoms with Crippen molar-refractivity contribution in [2.24, 2.45) is 0 Å². The van der Waals surface area contributed by atoms with Crippen LogP contribution in [0.2, 0.25) is 0 Å². The molecule has 110 valence electrons. The Morgan fingerprint density at radius 3 is 2.70 bits per heavy atom. The van der Waals surface area contributed by atoms with Gasteiger partial charge in [0.05, 0.1) is 0 Å². The zero-order valence-corrected chi connectivity index (χ0v) is 12.8. The Morgan fingerprint density at radius 1 is 1.35 bits per heavy atom. The first-order chi connectivity index (χ1) is 9.47. The highest BCUT2D eigenvalue weighted by Gasteiger charge is 2.26. The van der Waals surface area contributed by atoms with Crippen LogP contribution in [-0.2, 0) is 10.2 Å². The van der Waals surface area contributed by atoms with Gasteiger partial charge >= 0.3 is 0 Å². The highest BCUT2D eigenvalue weighted by molar-refractivity contribution is 5.77. The van der Waals surface area contributed by atoms with Gasteiger partial charge in [-0.1, -0.05) is 44.2 Å². The van der Waals surface area contributed by atoms with E-state index >= 15 is 0 Å². The molecule has 1 amide bonds. The van der Waals surface area contributed by atoms with Crippen molar-refractivity contribution in [1.29, 1.82) is 0 Å². The molecule has 1 saturated heterocycles. The SMILES string of the molecule is CC1CC(NC(=O)CC(C)(C)c2ccccc2)CCN1. The van der Waals surface area contributed by atoms with Gasteiger partial charge in [0, 0.05) is 18.5 Å². The Balaban J connectivity index is 1.90. The van der Waals surface area contributed by atoms with Crippen LogP contribution in [0.15, 0.2) is 30.3 Å². The summed E-state index contributed by atoms with van der Waals surface area (Å²) in [7, 11) is 0. The Labute approximate surface area is 122 Å². The molecule has 0 spiro atoms. The third-order valence-electron chi connectivity index (χ3n) is 4.15. The fourth-order valence-corrected chi connectivity index (χ4v) is 2.93. The van der Waals surface area contributed by atoms with E-state index in [2.05, 4.69) is 43.5 Å². The van der Waals surface area contributed by atoms with Crippen LogP contribution in [0.1, 0.15) is 45.6 Å². The molecule has 1 aromatic rings. The van der Waals surface area contributed by atoms with Gasteiger partial charge in [0.15, 0.2) is 0 Å². The van der Waals surface area contributed by atoms with E-state index in [9.17, 15) is 4.79 Å². The van der Waals surface area contributed by atoms with Gasteiger partial charge < -0.3 is 10.6 Å². The van der Waals surface area contributed by atoms with Crippen molar-refractivity contribution in [3.63, 3.8) is 0 Å². The first-order valence-corrected chi connectivity index (χ1v) is 7.55. The standard InChI is InChI=1S/C17H26N2O/c1-13-11-15(9-10-18-13)19-16(20)12-17(2,3)14-7-5-4-6-8-14/h4-8,13,15,18H,9-12H2,1-3H3,(H,19,20). The van der Waals surface area contributed by atoms with Crippen LogP contribution in [0.4, 0.5) is 0 Å². The number of carbonyl (C=O) groups is 1. The fourth-order valence-electron chi connectivity index (χ4n) is 2.93. The molecular weight excluding hydrogens is 248 g/mol. The molecule has 0 aromatic heterocycles. The van der Waals surface area contributed by atoms with Crippen LogP contribution in [0.3, 0.4) is 0 Å². The minimum Gasteiger partial charge on any atom is -0.353 e. The molecule has 1 fully saturated rings. The number of rotatable bonds is 4. The van der Waals surface area contributed by atoms with Gasteiger partial charge in [0.2, 0.25) is 5.91 Å². The maximum absolute atomic E-state index is 12.3. The maximum Gasteiger partial charge on any atom is 0.221 e. The largest absolute Gasteiger partial charge is 0.353 e. The summed E-state index contributed by atoms with van der Waals surface area (Å²) < 4.78 is 0. The molecule has 2 rings (SSSR count). The number of piperidine rings is 1. The van der Waals surface area contributed by atoms with Gasteiger partial charge in [0.1, 0.15) is 0 Å². The molecule has 0 saturated carbocycles. The quantitative estimate of drug-likeness (QED) is 0.886. The summed E-state index contributed by atoms with van der Waals surface area (Å²) in [4.78, 5) is 12.3. The predicted octanol–water partition coefficient (Wildman–Crippen LogP) is 2.61. The van der Waals surface area contributed by atoms with E-state index in [1.807, 2.05) is 18.2 Å². The molecular formula is C17H26N2O. The molecule has 20 heavy (non-hydrogen) atoms. The first kappa shape index (κ1) is 15.0. The number of carbonyl (C=O) groups excluding carboxylic acids is 1. The average Bonchev–Trinajstić information content (AvgIpc) is 2.39. The molecule has 2 N–H and O–H groups in total. The highest BCUT2D eigenvalue weighted by Crippen LogP contribution is 2.26. The Bertz CT molecular complexity index is 442. The van der Waals surface area contributed by atoms with Crippen molar-refractivity contribution >= 4 is 5.91 Å². The van der Waals surface area contributed by atoms with E-state index in [4.69, 9.17) is 0 Å². The lowest BCUT2D eigenvalue weighted by atomic mass is 9.81. The lowest BCUT2D eigenvalue weighted by Crippen LogP contribution is -2.47. The first-order valence-electron chi connectivity index (χ1n) is 7.55. The number of nitrogens with one attached hydrogen (secondary N) is 2.